The van der Waals surface area contributed by atoms with Crippen molar-refractivity contribution >= 4 is 87.6 Å². The highest BCUT2D eigenvalue weighted by Gasteiger charge is 2.23. The zero-order valence-corrected chi connectivity index (χ0v) is 23.5. The van der Waals surface area contributed by atoms with E-state index in [2.05, 4.69) is 0 Å². The highest BCUT2D eigenvalue weighted by Crippen LogP contribution is 2.45. The van der Waals surface area contributed by atoms with Crippen molar-refractivity contribution in [3.05, 3.63) is 133 Å². The molecule has 46 heavy (non-hydrogen) atoms. The number of benzene rings is 7. The normalized spacial score (nSPS) is 15.4. The predicted octanol–water partition coefficient (Wildman–Crippen LogP) is 11.5. The minimum absolute atomic E-state index is 0.00688. The molecule has 0 aliphatic carbocycles. The van der Waals surface area contributed by atoms with Crippen molar-refractivity contribution in [3.63, 3.8) is 0 Å². The minimum atomic E-state index is -0.543. The summed E-state index contributed by atoms with van der Waals surface area (Å²) in [6, 6.07) is 17.6. The van der Waals surface area contributed by atoms with Gasteiger partial charge in [0.15, 0.2) is 5.58 Å². The maximum absolute atomic E-state index is 9.50. The van der Waals surface area contributed by atoms with Crippen LogP contribution in [0.2, 0.25) is 0 Å². The Morgan fingerprint density at radius 2 is 1.30 bits per heavy atom. The molecule has 5 heteroatoms. The molecule has 0 aliphatic rings. The van der Waals surface area contributed by atoms with Crippen LogP contribution >= 0.6 is 0 Å². The van der Waals surface area contributed by atoms with Crippen LogP contribution < -0.4 is 0 Å². The van der Waals surface area contributed by atoms with E-state index in [0.717, 1.165) is 10.8 Å². The van der Waals surface area contributed by atoms with E-state index in [1.165, 1.54) is 4.57 Å². The first kappa shape index (κ1) is 16.7. The molecule has 4 aromatic heterocycles. The van der Waals surface area contributed by atoms with Crippen LogP contribution in [0.1, 0.15) is 13.7 Å². The number of aromatic nitrogens is 2. The van der Waals surface area contributed by atoms with Crippen molar-refractivity contribution in [2.45, 2.75) is 0 Å². The quantitative estimate of drug-likeness (QED) is 0.198. The lowest BCUT2D eigenvalue weighted by atomic mass is 9.99. The van der Waals surface area contributed by atoms with Gasteiger partial charge in [-0.3, -0.25) is 0 Å². The maximum atomic E-state index is 9.50. The fourth-order valence-electron chi connectivity index (χ4n) is 6.83. The van der Waals surface area contributed by atoms with Crippen molar-refractivity contribution in [3.8, 4) is 17.1 Å². The van der Waals surface area contributed by atoms with Crippen LogP contribution in [0.4, 0.5) is 0 Å². The molecule has 11 rings (SSSR count). The number of furan rings is 2. The molecule has 0 fully saturated rings. The molecule has 0 N–H and O–H groups in total. The second-order valence-corrected chi connectivity index (χ2v) is 11.1. The third-order valence-corrected chi connectivity index (χ3v) is 8.75. The molecule has 11 aromatic rings. The summed E-state index contributed by atoms with van der Waals surface area (Å²) < 4.78 is 110. The molecule has 0 saturated carbocycles. The summed E-state index contributed by atoms with van der Waals surface area (Å²) in [6.45, 7) is 0. The summed E-state index contributed by atoms with van der Waals surface area (Å²) in [4.78, 5) is 4.78. The van der Waals surface area contributed by atoms with E-state index < -0.39 is 54.4 Å². The Labute approximate surface area is 274 Å². The maximum Gasteiger partial charge on any atom is 0.227 e. The van der Waals surface area contributed by atoms with Crippen LogP contribution in [-0.2, 0) is 0 Å². The Morgan fingerprint density at radius 3 is 2.24 bits per heavy atom. The van der Waals surface area contributed by atoms with Gasteiger partial charge in [-0.2, -0.15) is 0 Å². The van der Waals surface area contributed by atoms with Gasteiger partial charge in [-0.1, -0.05) is 72.7 Å². The molecule has 0 radical (unpaired) electrons. The van der Waals surface area contributed by atoms with E-state index >= 15 is 0 Å². The Balaban J connectivity index is 1.41. The van der Waals surface area contributed by atoms with E-state index in [1.54, 1.807) is 12.1 Å². The van der Waals surface area contributed by atoms with Crippen molar-refractivity contribution in [2.75, 3.05) is 0 Å². The Kier molecular flexibility index (Phi) is 3.13. The molecule has 7 aromatic carbocycles. The molecule has 4 heterocycles. The third-order valence-electron chi connectivity index (χ3n) is 8.75. The summed E-state index contributed by atoms with van der Waals surface area (Å²) in [5.41, 5.74) is 2.83. The zero-order chi connectivity index (χ0) is 38.6. The summed E-state index contributed by atoms with van der Waals surface area (Å²) in [7, 11) is 0. The molecule has 0 amide bonds. The van der Waals surface area contributed by atoms with Gasteiger partial charge in [0.25, 0.3) is 0 Å². The van der Waals surface area contributed by atoms with E-state index in [4.69, 9.17) is 26.5 Å². The SMILES string of the molecule is [2H]c1c([2H])c([2H])c2c(oc3c([2H])c([2H])c4c(c5c([2H])c([2H])c([2H])c([2H])c5n4-c4ccc(-c5nc6ccccc6o5)c5ccc6c7ccccc7oc6c45)c32)c1[2H]. The minimum Gasteiger partial charge on any atom is -0.456 e. The Bertz CT molecular complexity index is 3580. The Hall–Kier alpha value is -6.33. The van der Waals surface area contributed by atoms with Gasteiger partial charge in [-0.15, -0.1) is 0 Å². The standard InChI is InChI=1S/C41H22N2O3/c1-5-13-30-27(10-1)37-31(21-22-36-39(37)28-11-3-7-15-34(28)44-36)43(30)32-20-19-26(41-42-29-12-4-8-16-35(29)46-41)24-17-18-25-23-9-2-6-14-33(23)45-40(25)38(24)32/h1-22H/i1D,3D,5D,7D,10D,11D,13D,15D,21D,22D. The van der Waals surface area contributed by atoms with Gasteiger partial charge < -0.3 is 17.8 Å². The van der Waals surface area contributed by atoms with Gasteiger partial charge in [0.1, 0.15) is 27.8 Å². The van der Waals surface area contributed by atoms with Crippen LogP contribution in [0.25, 0.3) is 105 Å². The van der Waals surface area contributed by atoms with E-state index in [-0.39, 0.29) is 49.8 Å². The lowest BCUT2D eigenvalue weighted by Crippen LogP contribution is -1.97. The summed E-state index contributed by atoms with van der Waals surface area (Å²) >= 11 is 0. The lowest BCUT2D eigenvalue weighted by molar-refractivity contribution is 0.620. The molecule has 0 aliphatic heterocycles. The van der Waals surface area contributed by atoms with Crippen molar-refractivity contribution in [2.24, 2.45) is 0 Å². The second-order valence-electron chi connectivity index (χ2n) is 11.1. The highest BCUT2D eigenvalue weighted by molar-refractivity contribution is 6.28. The molecule has 0 saturated heterocycles. The monoisotopic (exact) mass is 600 g/mol. The number of para-hydroxylation sites is 5. The average molecular weight is 601 g/mol. The van der Waals surface area contributed by atoms with Crippen LogP contribution in [0.15, 0.2) is 146 Å². The van der Waals surface area contributed by atoms with Gasteiger partial charge >= 0.3 is 0 Å². The highest BCUT2D eigenvalue weighted by atomic mass is 16.3. The van der Waals surface area contributed by atoms with Crippen molar-refractivity contribution < 1.29 is 27.0 Å². The predicted molar refractivity (Wildman–Crippen MR) is 186 cm³/mol. The second kappa shape index (κ2) is 8.65. The first-order valence-corrected chi connectivity index (χ1v) is 14.6. The fourth-order valence-corrected chi connectivity index (χ4v) is 6.83. The van der Waals surface area contributed by atoms with Crippen molar-refractivity contribution in [1.82, 2.24) is 9.55 Å². The van der Waals surface area contributed by atoms with E-state index in [9.17, 15) is 5.48 Å². The summed E-state index contributed by atoms with van der Waals surface area (Å²) in [5, 5.41) is 2.78. The van der Waals surface area contributed by atoms with Crippen LogP contribution in [0.5, 0.6) is 0 Å². The fraction of sp³-hybridized carbons (Fsp3) is 0. The molecular weight excluding hydrogens is 568 g/mol. The molecular formula is C41H22N2O3. The number of nitrogens with zero attached hydrogens (tertiary/aromatic N) is 2. The lowest BCUT2D eigenvalue weighted by Gasteiger charge is -2.14. The number of fused-ring (bicyclic) bond motifs is 13. The Morgan fingerprint density at radius 1 is 0.500 bits per heavy atom. The van der Waals surface area contributed by atoms with Gasteiger partial charge in [-0.25, -0.2) is 4.98 Å². The number of rotatable bonds is 2. The smallest absolute Gasteiger partial charge is 0.227 e. The topological polar surface area (TPSA) is 57.2 Å². The molecule has 0 spiro atoms. The molecule has 214 valence electrons. The number of oxazole rings is 1. The zero-order valence-electron chi connectivity index (χ0n) is 33.5. The molecule has 5 nitrogen and oxygen atoms in total. The van der Waals surface area contributed by atoms with Gasteiger partial charge in [0.05, 0.1) is 30.4 Å². The van der Waals surface area contributed by atoms with Gasteiger partial charge in [0, 0.05) is 48.7 Å². The largest absolute Gasteiger partial charge is 0.456 e. The van der Waals surface area contributed by atoms with Crippen LogP contribution in [-0.4, -0.2) is 9.55 Å². The molecule has 0 bridgehead atoms. The van der Waals surface area contributed by atoms with Crippen molar-refractivity contribution in [1.29, 1.82) is 0 Å². The van der Waals surface area contributed by atoms with Gasteiger partial charge in [0.2, 0.25) is 5.89 Å². The summed E-state index contributed by atoms with van der Waals surface area (Å²) in [5.74, 6) is 0.331. The number of hydrogen-bond donors (Lipinski definition) is 0. The van der Waals surface area contributed by atoms with E-state index in [1.807, 2.05) is 60.7 Å². The van der Waals surface area contributed by atoms with Crippen LogP contribution in [0, 0.1) is 0 Å². The third kappa shape index (κ3) is 3.06. The molecule has 0 unspecified atom stereocenters. The van der Waals surface area contributed by atoms with E-state index in [0.29, 0.717) is 50.2 Å². The summed E-state index contributed by atoms with van der Waals surface area (Å²) in [6.07, 6.45) is 0. The van der Waals surface area contributed by atoms with Gasteiger partial charge in [-0.05, 0) is 60.6 Å². The average Bonchev–Trinajstić information content (AvgIpc) is 3.99. The first-order chi connectivity index (χ1) is 27.0. The van der Waals surface area contributed by atoms with Crippen LogP contribution in [0.3, 0.4) is 0 Å². The number of hydrogen-bond acceptors (Lipinski definition) is 4. The first-order valence-electron chi connectivity index (χ1n) is 19.6. The molecule has 0 atom stereocenters.